The Morgan fingerprint density at radius 2 is 1.64 bits per heavy atom. The van der Waals surface area contributed by atoms with Crippen LogP contribution in [-0.2, 0) is 0 Å². The molecule has 1 aromatic rings. The Labute approximate surface area is 84.5 Å². The molecule has 0 saturated heterocycles. The molecule has 0 aliphatic heterocycles. The molecule has 1 aromatic carbocycles. The van der Waals surface area contributed by atoms with Crippen LogP contribution in [0, 0.1) is 0 Å². The summed E-state index contributed by atoms with van der Waals surface area (Å²) in [5, 5.41) is 0.944. The predicted molar refractivity (Wildman–Crippen MR) is 56.9 cm³/mol. The highest BCUT2D eigenvalue weighted by atomic mass is 19.2. The minimum atomic E-state index is 0.103. The predicted octanol–water partition coefficient (Wildman–Crippen LogP) is 3.71. The van der Waals surface area contributed by atoms with Crippen molar-refractivity contribution in [3.8, 4) is 0 Å². The van der Waals surface area contributed by atoms with Gasteiger partial charge in [0.15, 0.2) is 0 Å². The third-order valence-corrected chi connectivity index (χ3v) is 2.90. The molecule has 0 aromatic heterocycles. The van der Waals surface area contributed by atoms with Crippen molar-refractivity contribution in [2.75, 3.05) is 5.12 Å². The number of rotatable bonds is 2. The summed E-state index contributed by atoms with van der Waals surface area (Å²) < 4.78 is 13.9. The van der Waals surface area contributed by atoms with Crippen LogP contribution in [0.3, 0.4) is 0 Å². The molecule has 1 saturated carbocycles. The Bertz CT molecular complexity index is 267. The van der Waals surface area contributed by atoms with Crippen molar-refractivity contribution in [2.45, 2.75) is 38.1 Å². The van der Waals surface area contributed by atoms with Crippen molar-refractivity contribution >= 4 is 5.69 Å². The third kappa shape index (κ3) is 2.06. The van der Waals surface area contributed by atoms with Gasteiger partial charge in [0.2, 0.25) is 0 Å². The fraction of sp³-hybridized carbons (Fsp3) is 0.500. The molecule has 76 valence electrons. The van der Waals surface area contributed by atoms with Crippen LogP contribution < -0.4 is 5.12 Å². The number of halogens is 1. The highest BCUT2D eigenvalue weighted by Gasteiger charge is 2.20. The van der Waals surface area contributed by atoms with Crippen molar-refractivity contribution in [1.82, 2.24) is 0 Å². The summed E-state index contributed by atoms with van der Waals surface area (Å²) in [7, 11) is 0. The minimum Gasteiger partial charge on any atom is -0.209 e. The first-order valence-electron chi connectivity index (χ1n) is 5.38. The molecule has 2 heteroatoms. The Morgan fingerprint density at radius 1 is 1.00 bits per heavy atom. The molecule has 1 aliphatic rings. The van der Waals surface area contributed by atoms with E-state index in [1.807, 2.05) is 30.3 Å². The van der Waals surface area contributed by atoms with E-state index in [-0.39, 0.29) is 6.04 Å². The molecule has 2 rings (SSSR count). The van der Waals surface area contributed by atoms with Gasteiger partial charge in [0.05, 0.1) is 11.7 Å². The second-order valence-electron chi connectivity index (χ2n) is 3.94. The van der Waals surface area contributed by atoms with Crippen LogP contribution >= 0.6 is 0 Å². The molecule has 14 heavy (non-hydrogen) atoms. The summed E-state index contributed by atoms with van der Waals surface area (Å²) in [6, 6.07) is 9.43. The van der Waals surface area contributed by atoms with E-state index in [1.165, 1.54) is 6.42 Å². The summed E-state index contributed by atoms with van der Waals surface area (Å²) in [5.41, 5.74) is 0.694. The Balaban J connectivity index is 2.03. The van der Waals surface area contributed by atoms with E-state index >= 15 is 0 Å². The van der Waals surface area contributed by atoms with E-state index in [2.05, 4.69) is 0 Å². The van der Waals surface area contributed by atoms with E-state index < -0.39 is 0 Å². The van der Waals surface area contributed by atoms with Crippen LogP contribution in [0.2, 0.25) is 0 Å². The van der Waals surface area contributed by atoms with Crippen LogP contribution in [0.4, 0.5) is 10.2 Å². The number of benzene rings is 1. The quantitative estimate of drug-likeness (QED) is 0.647. The standard InChI is InChI=1S/C12H16FN/c13-14(11-7-3-1-4-8-11)12-9-5-2-6-10-12/h1,3-4,7-8,12H,2,5-6,9-10H2. The van der Waals surface area contributed by atoms with Crippen molar-refractivity contribution in [3.63, 3.8) is 0 Å². The van der Waals surface area contributed by atoms with Crippen LogP contribution in [0.1, 0.15) is 32.1 Å². The van der Waals surface area contributed by atoms with E-state index in [4.69, 9.17) is 0 Å². The van der Waals surface area contributed by atoms with Gasteiger partial charge in [0.25, 0.3) is 0 Å². The normalized spacial score (nSPS) is 18.1. The number of anilines is 1. The van der Waals surface area contributed by atoms with Gasteiger partial charge in [0.1, 0.15) is 0 Å². The molecule has 0 bridgehead atoms. The highest BCUT2D eigenvalue weighted by Crippen LogP contribution is 2.27. The summed E-state index contributed by atoms with van der Waals surface area (Å²) >= 11 is 0. The molecule has 0 radical (unpaired) electrons. The first-order chi connectivity index (χ1) is 6.88. The summed E-state index contributed by atoms with van der Waals surface area (Å²) in [6.07, 6.45) is 5.58. The Morgan fingerprint density at radius 3 is 2.29 bits per heavy atom. The molecule has 0 unspecified atom stereocenters. The molecule has 0 heterocycles. The van der Waals surface area contributed by atoms with Crippen molar-refractivity contribution < 1.29 is 4.48 Å². The van der Waals surface area contributed by atoms with Gasteiger partial charge in [-0.3, -0.25) is 0 Å². The number of hydrogen-bond acceptors (Lipinski definition) is 1. The maximum absolute atomic E-state index is 13.9. The van der Waals surface area contributed by atoms with Gasteiger partial charge in [-0.05, 0) is 25.0 Å². The second kappa shape index (κ2) is 4.45. The highest BCUT2D eigenvalue weighted by molar-refractivity contribution is 5.44. The van der Waals surface area contributed by atoms with E-state index in [9.17, 15) is 4.48 Å². The van der Waals surface area contributed by atoms with Crippen molar-refractivity contribution in [1.29, 1.82) is 0 Å². The molecule has 0 atom stereocenters. The first kappa shape index (κ1) is 9.50. The van der Waals surface area contributed by atoms with Gasteiger partial charge >= 0.3 is 0 Å². The zero-order chi connectivity index (χ0) is 9.80. The summed E-state index contributed by atoms with van der Waals surface area (Å²) in [5.74, 6) is 0. The molecule has 0 spiro atoms. The van der Waals surface area contributed by atoms with Gasteiger partial charge in [-0.25, -0.2) is 5.12 Å². The molecular formula is C12H16FN. The van der Waals surface area contributed by atoms with E-state index in [0.717, 1.165) is 30.8 Å². The molecule has 0 N–H and O–H groups in total. The topological polar surface area (TPSA) is 3.24 Å². The lowest BCUT2D eigenvalue weighted by molar-refractivity contribution is 0.303. The van der Waals surface area contributed by atoms with Crippen LogP contribution in [-0.4, -0.2) is 6.04 Å². The SMILES string of the molecule is FN(c1ccccc1)C1CCCCC1. The van der Waals surface area contributed by atoms with Crippen LogP contribution in [0.25, 0.3) is 0 Å². The Kier molecular flexibility index (Phi) is 3.02. The Hall–Kier alpha value is -1.05. The van der Waals surface area contributed by atoms with Gasteiger partial charge in [-0.1, -0.05) is 41.9 Å². The van der Waals surface area contributed by atoms with Gasteiger partial charge in [-0.15, -0.1) is 0 Å². The average molecular weight is 193 g/mol. The maximum atomic E-state index is 13.9. The molecule has 1 aliphatic carbocycles. The largest absolute Gasteiger partial charge is 0.209 e. The first-order valence-corrected chi connectivity index (χ1v) is 5.38. The molecule has 1 nitrogen and oxygen atoms in total. The lowest BCUT2D eigenvalue weighted by Crippen LogP contribution is -2.29. The lowest BCUT2D eigenvalue weighted by atomic mass is 9.95. The zero-order valence-corrected chi connectivity index (χ0v) is 8.32. The monoisotopic (exact) mass is 193 g/mol. The van der Waals surface area contributed by atoms with Crippen LogP contribution in [0.15, 0.2) is 30.3 Å². The van der Waals surface area contributed by atoms with Crippen molar-refractivity contribution in [3.05, 3.63) is 30.3 Å². The fourth-order valence-electron chi connectivity index (χ4n) is 2.09. The zero-order valence-electron chi connectivity index (χ0n) is 8.32. The summed E-state index contributed by atoms with van der Waals surface area (Å²) in [6.45, 7) is 0. The number of hydrogen-bond donors (Lipinski definition) is 0. The third-order valence-electron chi connectivity index (χ3n) is 2.90. The summed E-state index contributed by atoms with van der Waals surface area (Å²) in [4.78, 5) is 0. The smallest absolute Gasteiger partial charge is 0.0690 e. The fourth-order valence-corrected chi connectivity index (χ4v) is 2.09. The minimum absolute atomic E-state index is 0.103. The molecule has 1 fully saturated rings. The second-order valence-corrected chi connectivity index (χ2v) is 3.94. The van der Waals surface area contributed by atoms with E-state index in [0.29, 0.717) is 5.69 Å². The van der Waals surface area contributed by atoms with E-state index in [1.54, 1.807) is 0 Å². The van der Waals surface area contributed by atoms with Gasteiger partial charge < -0.3 is 0 Å². The van der Waals surface area contributed by atoms with Gasteiger partial charge in [0, 0.05) is 0 Å². The number of nitrogens with zero attached hydrogens (tertiary/aromatic N) is 1. The van der Waals surface area contributed by atoms with Crippen molar-refractivity contribution in [2.24, 2.45) is 0 Å². The van der Waals surface area contributed by atoms with Crippen LogP contribution in [0.5, 0.6) is 0 Å². The average Bonchev–Trinajstić information content (AvgIpc) is 2.30. The van der Waals surface area contributed by atoms with Gasteiger partial charge in [-0.2, -0.15) is 0 Å². The molecular weight excluding hydrogens is 177 g/mol. The molecule has 0 amide bonds. The lowest BCUT2D eigenvalue weighted by Gasteiger charge is -2.28. The maximum Gasteiger partial charge on any atom is 0.0690 e. The number of para-hydroxylation sites is 1.